The molecule has 1 aliphatic rings. The Kier molecular flexibility index (Phi) is 4.08. The summed E-state index contributed by atoms with van der Waals surface area (Å²) >= 11 is 0. The van der Waals surface area contributed by atoms with Crippen molar-refractivity contribution in [1.29, 1.82) is 0 Å². The van der Waals surface area contributed by atoms with Crippen LogP contribution in [0.5, 0.6) is 0 Å². The molecule has 0 aromatic rings. The molecule has 1 saturated heterocycles. The van der Waals surface area contributed by atoms with E-state index in [4.69, 9.17) is 5.11 Å². The van der Waals surface area contributed by atoms with Crippen molar-refractivity contribution in [1.82, 2.24) is 10.6 Å². The van der Waals surface area contributed by atoms with Crippen LogP contribution in [0.4, 0.5) is 0 Å². The van der Waals surface area contributed by atoms with Crippen molar-refractivity contribution in [3.63, 3.8) is 0 Å². The molecule has 5 nitrogen and oxygen atoms in total. The van der Waals surface area contributed by atoms with Crippen molar-refractivity contribution in [3.8, 4) is 0 Å². The fourth-order valence-corrected chi connectivity index (χ4v) is 1.41. The predicted octanol–water partition coefficient (Wildman–Crippen LogP) is -0.179. The molecular formula is C10H18N2O3. The molecule has 0 aromatic heterocycles. The van der Waals surface area contributed by atoms with Crippen molar-refractivity contribution in [2.24, 2.45) is 11.8 Å². The van der Waals surface area contributed by atoms with Gasteiger partial charge in [-0.25, -0.2) is 0 Å². The van der Waals surface area contributed by atoms with Gasteiger partial charge in [-0.15, -0.1) is 0 Å². The number of amides is 1. The van der Waals surface area contributed by atoms with Crippen LogP contribution in [0.3, 0.4) is 0 Å². The first-order chi connectivity index (χ1) is 7.00. The Morgan fingerprint density at radius 1 is 1.47 bits per heavy atom. The van der Waals surface area contributed by atoms with Crippen LogP contribution in [0, 0.1) is 11.8 Å². The molecule has 0 radical (unpaired) electrons. The van der Waals surface area contributed by atoms with Crippen molar-refractivity contribution in [3.05, 3.63) is 0 Å². The molecule has 2 atom stereocenters. The molecule has 1 amide bonds. The average molecular weight is 214 g/mol. The Hall–Kier alpha value is -1.10. The Balaban J connectivity index is 2.26. The minimum atomic E-state index is -0.881. The van der Waals surface area contributed by atoms with Gasteiger partial charge in [-0.3, -0.25) is 9.59 Å². The number of aliphatic carboxylic acids is 1. The van der Waals surface area contributed by atoms with Crippen LogP contribution in [0.2, 0.25) is 0 Å². The third-order valence-corrected chi connectivity index (χ3v) is 2.87. The first-order valence-corrected chi connectivity index (χ1v) is 5.23. The average Bonchev–Trinajstić information content (AvgIpc) is 2.09. The largest absolute Gasteiger partial charge is 0.481 e. The number of carbonyl (C=O) groups is 2. The highest BCUT2D eigenvalue weighted by molar-refractivity contribution is 5.78. The summed E-state index contributed by atoms with van der Waals surface area (Å²) < 4.78 is 0. The maximum absolute atomic E-state index is 11.5. The van der Waals surface area contributed by atoms with E-state index in [1.807, 2.05) is 0 Å². The van der Waals surface area contributed by atoms with E-state index in [9.17, 15) is 9.59 Å². The van der Waals surface area contributed by atoms with Gasteiger partial charge in [0, 0.05) is 12.5 Å². The molecular weight excluding hydrogens is 196 g/mol. The van der Waals surface area contributed by atoms with Gasteiger partial charge in [-0.1, -0.05) is 0 Å². The summed E-state index contributed by atoms with van der Waals surface area (Å²) in [6, 6.07) is -0.317. The zero-order valence-electron chi connectivity index (χ0n) is 9.12. The molecule has 3 N–H and O–H groups in total. The molecule has 0 saturated carbocycles. The van der Waals surface area contributed by atoms with Crippen LogP contribution in [0.25, 0.3) is 0 Å². The van der Waals surface area contributed by atoms with E-state index in [1.54, 1.807) is 13.8 Å². The lowest BCUT2D eigenvalue weighted by molar-refractivity contribution is -0.142. The van der Waals surface area contributed by atoms with Crippen molar-refractivity contribution in [2.75, 3.05) is 13.1 Å². The van der Waals surface area contributed by atoms with E-state index < -0.39 is 11.9 Å². The number of hydrogen-bond donors (Lipinski definition) is 3. The van der Waals surface area contributed by atoms with Gasteiger partial charge in [-0.05, 0) is 32.9 Å². The van der Waals surface area contributed by atoms with Gasteiger partial charge in [0.25, 0.3) is 0 Å². The van der Waals surface area contributed by atoms with Crippen LogP contribution in [0.15, 0.2) is 0 Å². The summed E-state index contributed by atoms with van der Waals surface area (Å²) in [5.74, 6) is -1.07. The van der Waals surface area contributed by atoms with Crippen LogP contribution < -0.4 is 10.6 Å². The minimum Gasteiger partial charge on any atom is -0.481 e. The monoisotopic (exact) mass is 214 g/mol. The first kappa shape index (κ1) is 12.0. The summed E-state index contributed by atoms with van der Waals surface area (Å²) in [6.07, 6.45) is 0.490. The van der Waals surface area contributed by atoms with Gasteiger partial charge in [0.1, 0.15) is 0 Å². The number of nitrogens with one attached hydrogen (secondary N) is 2. The normalized spacial score (nSPS) is 20.1. The van der Waals surface area contributed by atoms with E-state index in [-0.39, 0.29) is 11.9 Å². The van der Waals surface area contributed by atoms with Gasteiger partial charge in [0.05, 0.1) is 5.92 Å². The predicted molar refractivity (Wildman–Crippen MR) is 55.4 cm³/mol. The second-order valence-corrected chi connectivity index (χ2v) is 4.21. The summed E-state index contributed by atoms with van der Waals surface area (Å²) in [5, 5.41) is 14.5. The molecule has 0 bridgehead atoms. The van der Waals surface area contributed by atoms with Gasteiger partial charge < -0.3 is 15.7 Å². The highest BCUT2D eigenvalue weighted by Crippen LogP contribution is 2.09. The van der Waals surface area contributed by atoms with Crippen LogP contribution in [-0.4, -0.2) is 36.1 Å². The van der Waals surface area contributed by atoms with E-state index in [0.29, 0.717) is 12.3 Å². The molecule has 1 heterocycles. The van der Waals surface area contributed by atoms with Gasteiger partial charge >= 0.3 is 5.97 Å². The van der Waals surface area contributed by atoms with E-state index in [2.05, 4.69) is 10.6 Å². The van der Waals surface area contributed by atoms with Gasteiger partial charge in [0.15, 0.2) is 0 Å². The Morgan fingerprint density at radius 3 is 2.47 bits per heavy atom. The molecule has 15 heavy (non-hydrogen) atoms. The molecule has 0 aromatic carbocycles. The zero-order chi connectivity index (χ0) is 11.4. The second-order valence-electron chi connectivity index (χ2n) is 4.21. The number of hydrogen-bond acceptors (Lipinski definition) is 3. The summed E-state index contributed by atoms with van der Waals surface area (Å²) in [6.45, 7) is 5.08. The molecule has 1 aliphatic heterocycles. The zero-order valence-corrected chi connectivity index (χ0v) is 9.12. The third-order valence-electron chi connectivity index (χ3n) is 2.87. The number of carboxylic acid groups (broad SMARTS) is 1. The second kappa shape index (κ2) is 5.11. The van der Waals surface area contributed by atoms with Gasteiger partial charge in [0.2, 0.25) is 5.91 Å². The van der Waals surface area contributed by atoms with Crippen molar-refractivity contribution >= 4 is 11.9 Å². The SMILES string of the molecule is CC(NC(=O)CC1CNC1)C(C)C(=O)O. The summed E-state index contributed by atoms with van der Waals surface area (Å²) in [4.78, 5) is 22.1. The number of carboxylic acids is 1. The van der Waals surface area contributed by atoms with Crippen molar-refractivity contribution in [2.45, 2.75) is 26.3 Å². The van der Waals surface area contributed by atoms with E-state index in [1.165, 1.54) is 0 Å². The van der Waals surface area contributed by atoms with Crippen LogP contribution in [0.1, 0.15) is 20.3 Å². The maximum Gasteiger partial charge on any atom is 0.308 e. The third kappa shape index (κ3) is 3.51. The fourth-order valence-electron chi connectivity index (χ4n) is 1.41. The topological polar surface area (TPSA) is 78.4 Å². The summed E-state index contributed by atoms with van der Waals surface area (Å²) in [7, 11) is 0. The quantitative estimate of drug-likeness (QED) is 0.593. The minimum absolute atomic E-state index is 0.0536. The molecule has 2 unspecified atom stereocenters. The lowest BCUT2D eigenvalue weighted by Crippen LogP contribution is -2.46. The number of carbonyl (C=O) groups excluding carboxylic acids is 1. The summed E-state index contributed by atoms with van der Waals surface area (Å²) in [5.41, 5.74) is 0. The highest BCUT2D eigenvalue weighted by atomic mass is 16.4. The van der Waals surface area contributed by atoms with E-state index >= 15 is 0 Å². The Morgan fingerprint density at radius 2 is 2.07 bits per heavy atom. The smallest absolute Gasteiger partial charge is 0.308 e. The molecule has 0 aliphatic carbocycles. The standard InChI is InChI=1S/C10H18N2O3/c1-6(10(14)15)7(2)12-9(13)3-8-4-11-5-8/h6-8,11H,3-5H2,1-2H3,(H,12,13)(H,14,15). The number of rotatable bonds is 5. The first-order valence-electron chi connectivity index (χ1n) is 5.23. The molecule has 0 spiro atoms. The lowest BCUT2D eigenvalue weighted by Gasteiger charge is -2.27. The van der Waals surface area contributed by atoms with Gasteiger partial charge in [-0.2, -0.15) is 0 Å². The lowest BCUT2D eigenvalue weighted by atomic mass is 9.98. The highest BCUT2D eigenvalue weighted by Gasteiger charge is 2.24. The molecule has 1 fully saturated rings. The Bertz CT molecular complexity index is 251. The Labute approximate surface area is 89.2 Å². The van der Waals surface area contributed by atoms with Crippen LogP contribution in [-0.2, 0) is 9.59 Å². The fraction of sp³-hybridized carbons (Fsp3) is 0.800. The van der Waals surface area contributed by atoms with E-state index in [0.717, 1.165) is 13.1 Å². The van der Waals surface area contributed by atoms with Crippen molar-refractivity contribution < 1.29 is 14.7 Å². The molecule has 86 valence electrons. The maximum atomic E-state index is 11.5. The van der Waals surface area contributed by atoms with Crippen LogP contribution >= 0.6 is 0 Å². The molecule has 5 heteroatoms. The molecule has 1 rings (SSSR count).